The van der Waals surface area contributed by atoms with E-state index in [0.29, 0.717) is 0 Å². The highest BCUT2D eigenvalue weighted by atomic mass is 16.5. The standard InChI is InChI=1S/C21H34O2/c1-3-4-5-6-7-10-14-19-16-13-17-20(19)15-11-8-9-12-18-21(22)23-2/h8-9,11-12,15,18-20H,3-7,10,13-14,16-17H2,1-2H3/t19-,20-/m0/s1. The molecule has 2 nitrogen and oxygen atoms in total. The van der Waals surface area contributed by atoms with E-state index in [0.717, 1.165) is 11.8 Å². The molecule has 0 aromatic rings. The molecule has 0 aromatic heterocycles. The lowest BCUT2D eigenvalue weighted by Gasteiger charge is -2.15. The minimum atomic E-state index is -0.312. The molecule has 0 spiro atoms. The van der Waals surface area contributed by atoms with Crippen LogP contribution in [-0.2, 0) is 9.53 Å². The van der Waals surface area contributed by atoms with Crippen LogP contribution in [0, 0.1) is 11.8 Å². The summed E-state index contributed by atoms with van der Waals surface area (Å²) in [5.41, 5.74) is 0. The second kappa shape index (κ2) is 13.2. The molecule has 0 heterocycles. The van der Waals surface area contributed by atoms with Crippen molar-refractivity contribution in [1.29, 1.82) is 0 Å². The molecule has 0 aliphatic heterocycles. The maximum Gasteiger partial charge on any atom is 0.330 e. The summed E-state index contributed by atoms with van der Waals surface area (Å²) in [4.78, 5) is 10.9. The molecule has 0 N–H and O–H groups in total. The summed E-state index contributed by atoms with van der Waals surface area (Å²) in [5.74, 6) is 1.32. The summed E-state index contributed by atoms with van der Waals surface area (Å²) in [6.45, 7) is 2.27. The quantitative estimate of drug-likeness (QED) is 0.202. The van der Waals surface area contributed by atoms with Crippen molar-refractivity contribution in [1.82, 2.24) is 0 Å². The number of carbonyl (C=O) groups excluding carboxylic acids is 1. The van der Waals surface area contributed by atoms with Gasteiger partial charge in [-0.15, -0.1) is 0 Å². The zero-order chi connectivity index (χ0) is 16.8. The number of carbonyl (C=O) groups is 1. The number of unbranched alkanes of at least 4 members (excludes halogenated alkanes) is 5. The number of rotatable bonds is 11. The fraction of sp³-hybridized carbons (Fsp3) is 0.667. The molecule has 2 atom stereocenters. The third-order valence-electron chi connectivity index (χ3n) is 4.77. The summed E-state index contributed by atoms with van der Waals surface area (Å²) >= 11 is 0. The molecular formula is C21H34O2. The smallest absolute Gasteiger partial charge is 0.330 e. The van der Waals surface area contributed by atoms with Crippen LogP contribution in [0.1, 0.15) is 71.1 Å². The van der Waals surface area contributed by atoms with E-state index in [1.165, 1.54) is 77.4 Å². The van der Waals surface area contributed by atoms with Crippen molar-refractivity contribution >= 4 is 5.97 Å². The van der Waals surface area contributed by atoms with Gasteiger partial charge in [0.1, 0.15) is 0 Å². The molecule has 1 aliphatic carbocycles. The van der Waals surface area contributed by atoms with Gasteiger partial charge in [-0.3, -0.25) is 0 Å². The van der Waals surface area contributed by atoms with E-state index in [9.17, 15) is 4.79 Å². The Morgan fingerprint density at radius 2 is 1.74 bits per heavy atom. The van der Waals surface area contributed by atoms with Crippen LogP contribution in [0.4, 0.5) is 0 Å². The normalized spacial score (nSPS) is 21.8. The molecule has 1 saturated carbocycles. The highest BCUT2D eigenvalue weighted by Gasteiger charge is 2.24. The number of hydrogen-bond donors (Lipinski definition) is 0. The van der Waals surface area contributed by atoms with Crippen molar-refractivity contribution in [2.24, 2.45) is 11.8 Å². The van der Waals surface area contributed by atoms with Crippen LogP contribution in [0.2, 0.25) is 0 Å². The second-order valence-corrected chi connectivity index (χ2v) is 6.56. The van der Waals surface area contributed by atoms with Gasteiger partial charge in [-0.25, -0.2) is 4.79 Å². The first-order chi connectivity index (χ1) is 11.3. The van der Waals surface area contributed by atoms with Crippen molar-refractivity contribution < 1.29 is 9.53 Å². The molecular weight excluding hydrogens is 284 g/mol. The van der Waals surface area contributed by atoms with Gasteiger partial charge in [0.25, 0.3) is 0 Å². The number of hydrogen-bond acceptors (Lipinski definition) is 2. The Bertz CT molecular complexity index is 393. The molecule has 0 bridgehead atoms. The topological polar surface area (TPSA) is 26.3 Å². The van der Waals surface area contributed by atoms with E-state index in [1.54, 1.807) is 6.08 Å². The molecule has 23 heavy (non-hydrogen) atoms. The molecule has 0 saturated heterocycles. The highest BCUT2D eigenvalue weighted by molar-refractivity contribution is 5.82. The Morgan fingerprint density at radius 3 is 2.52 bits per heavy atom. The number of ether oxygens (including phenoxy) is 1. The van der Waals surface area contributed by atoms with Gasteiger partial charge in [0.15, 0.2) is 0 Å². The Morgan fingerprint density at radius 1 is 1.00 bits per heavy atom. The van der Waals surface area contributed by atoms with Gasteiger partial charge in [-0.05, 0) is 31.1 Å². The molecule has 0 radical (unpaired) electrons. The highest BCUT2D eigenvalue weighted by Crippen LogP contribution is 2.36. The van der Waals surface area contributed by atoms with Gasteiger partial charge < -0.3 is 4.74 Å². The zero-order valence-corrected chi connectivity index (χ0v) is 15.0. The summed E-state index contributed by atoms with van der Waals surface area (Å²) < 4.78 is 4.54. The summed E-state index contributed by atoms with van der Waals surface area (Å²) in [6, 6.07) is 0. The van der Waals surface area contributed by atoms with Crippen molar-refractivity contribution in [3.63, 3.8) is 0 Å². The van der Waals surface area contributed by atoms with E-state index in [-0.39, 0.29) is 5.97 Å². The van der Waals surface area contributed by atoms with Crippen molar-refractivity contribution in [2.45, 2.75) is 71.1 Å². The summed E-state index contributed by atoms with van der Waals surface area (Å²) in [7, 11) is 1.39. The van der Waals surface area contributed by atoms with Crippen LogP contribution in [0.25, 0.3) is 0 Å². The van der Waals surface area contributed by atoms with E-state index in [4.69, 9.17) is 0 Å². The fourth-order valence-corrected chi connectivity index (χ4v) is 3.40. The minimum Gasteiger partial charge on any atom is -0.466 e. The molecule has 2 heteroatoms. The molecule has 0 aromatic carbocycles. The van der Waals surface area contributed by atoms with E-state index < -0.39 is 0 Å². The third-order valence-corrected chi connectivity index (χ3v) is 4.77. The monoisotopic (exact) mass is 318 g/mol. The first kappa shape index (κ1) is 19.7. The first-order valence-corrected chi connectivity index (χ1v) is 9.37. The maximum atomic E-state index is 10.9. The Hall–Kier alpha value is -1.31. The van der Waals surface area contributed by atoms with Gasteiger partial charge in [0.2, 0.25) is 0 Å². The van der Waals surface area contributed by atoms with Crippen LogP contribution < -0.4 is 0 Å². The van der Waals surface area contributed by atoms with Crippen LogP contribution in [0.3, 0.4) is 0 Å². The van der Waals surface area contributed by atoms with Crippen LogP contribution in [0.5, 0.6) is 0 Å². The molecule has 0 unspecified atom stereocenters. The van der Waals surface area contributed by atoms with Crippen LogP contribution >= 0.6 is 0 Å². The van der Waals surface area contributed by atoms with Gasteiger partial charge in [-0.2, -0.15) is 0 Å². The summed E-state index contributed by atoms with van der Waals surface area (Å²) in [6.07, 6.45) is 25.4. The Kier molecular flexibility index (Phi) is 11.3. The molecule has 1 aliphatic rings. The number of methoxy groups -OCH3 is 1. The molecule has 1 fully saturated rings. The third kappa shape index (κ3) is 9.43. The number of allylic oxidation sites excluding steroid dienone is 5. The van der Waals surface area contributed by atoms with Crippen LogP contribution in [-0.4, -0.2) is 13.1 Å². The lowest BCUT2D eigenvalue weighted by Crippen LogP contribution is -2.04. The van der Waals surface area contributed by atoms with E-state index in [1.807, 2.05) is 12.2 Å². The van der Waals surface area contributed by atoms with Gasteiger partial charge in [0, 0.05) is 6.08 Å². The number of esters is 1. The van der Waals surface area contributed by atoms with Gasteiger partial charge >= 0.3 is 5.97 Å². The van der Waals surface area contributed by atoms with Crippen molar-refractivity contribution in [2.75, 3.05) is 7.11 Å². The fourth-order valence-electron chi connectivity index (χ4n) is 3.40. The zero-order valence-electron chi connectivity index (χ0n) is 15.0. The minimum absolute atomic E-state index is 0.312. The SMILES string of the molecule is CCCCCCCC[C@H]1CCC[C@@H]1C=CC=CC=CC(=O)OC. The lowest BCUT2D eigenvalue weighted by molar-refractivity contribution is -0.134. The summed E-state index contributed by atoms with van der Waals surface area (Å²) in [5, 5.41) is 0. The van der Waals surface area contributed by atoms with E-state index >= 15 is 0 Å². The average molecular weight is 319 g/mol. The van der Waals surface area contributed by atoms with E-state index in [2.05, 4.69) is 23.8 Å². The second-order valence-electron chi connectivity index (χ2n) is 6.56. The van der Waals surface area contributed by atoms with Crippen molar-refractivity contribution in [3.8, 4) is 0 Å². The van der Waals surface area contributed by atoms with Gasteiger partial charge in [-0.1, -0.05) is 82.2 Å². The Labute approximate surface area is 142 Å². The predicted molar refractivity (Wildman–Crippen MR) is 98.3 cm³/mol. The molecule has 130 valence electrons. The maximum absolute atomic E-state index is 10.9. The van der Waals surface area contributed by atoms with Crippen LogP contribution in [0.15, 0.2) is 36.5 Å². The molecule has 1 rings (SSSR count). The lowest BCUT2D eigenvalue weighted by atomic mass is 9.90. The Balaban J connectivity index is 2.21. The van der Waals surface area contributed by atoms with Gasteiger partial charge in [0.05, 0.1) is 7.11 Å². The average Bonchev–Trinajstić information content (AvgIpc) is 3.01. The first-order valence-electron chi connectivity index (χ1n) is 9.37. The van der Waals surface area contributed by atoms with Crippen molar-refractivity contribution in [3.05, 3.63) is 36.5 Å². The predicted octanol–water partition coefficient (Wildman–Crippen LogP) is 5.99. The molecule has 0 amide bonds. The largest absolute Gasteiger partial charge is 0.466 e.